The molecule has 0 saturated carbocycles. The summed E-state index contributed by atoms with van der Waals surface area (Å²) in [5.74, 6) is 2.22. The summed E-state index contributed by atoms with van der Waals surface area (Å²) >= 11 is 0. The van der Waals surface area contributed by atoms with Gasteiger partial charge >= 0.3 is 0 Å². The number of aromatic amines is 1. The number of fused-ring (bicyclic) bond motifs is 2. The molecule has 2 atom stereocenters. The van der Waals surface area contributed by atoms with Gasteiger partial charge in [0.25, 0.3) is 0 Å². The second-order valence-corrected chi connectivity index (χ2v) is 7.15. The molecule has 2 aliphatic carbocycles. The Labute approximate surface area is 149 Å². The highest BCUT2D eigenvalue weighted by Gasteiger charge is 2.26. The van der Waals surface area contributed by atoms with Gasteiger partial charge in [0.1, 0.15) is 0 Å². The minimum atomic E-state index is 0.390. The Morgan fingerprint density at radius 3 is 2.72 bits per heavy atom. The number of rotatable bonds is 5. The third-order valence-corrected chi connectivity index (χ3v) is 5.74. The van der Waals surface area contributed by atoms with Gasteiger partial charge in [-0.2, -0.15) is 5.10 Å². The predicted molar refractivity (Wildman–Crippen MR) is 97.5 cm³/mol. The zero-order valence-corrected chi connectivity index (χ0v) is 15.1. The van der Waals surface area contributed by atoms with Crippen LogP contribution in [0.4, 0.5) is 0 Å². The standard InChI is InChI=1S/C20H27N3O2/c1-24-19-9-13-5-3-7-17(15(13)10-20(19)25-2)21-11-14-6-4-8-18-16(14)12-22-23-18/h9-10,12,14,17,21H,3-8,11H2,1-2H3,(H,22,23). The lowest BCUT2D eigenvalue weighted by molar-refractivity contribution is 0.350. The SMILES string of the molecule is COc1cc2c(cc1OC)C(NCC1CCCc3[nH]ncc31)CCC2. The molecule has 0 amide bonds. The molecule has 0 aliphatic heterocycles. The molecule has 4 rings (SSSR count). The Hall–Kier alpha value is -2.01. The summed E-state index contributed by atoms with van der Waals surface area (Å²) in [5, 5.41) is 11.2. The zero-order valence-electron chi connectivity index (χ0n) is 15.1. The van der Waals surface area contributed by atoms with Crippen molar-refractivity contribution < 1.29 is 9.47 Å². The van der Waals surface area contributed by atoms with Crippen molar-refractivity contribution in [3.05, 3.63) is 40.7 Å². The number of methoxy groups -OCH3 is 2. The number of benzene rings is 1. The highest BCUT2D eigenvalue weighted by molar-refractivity contribution is 5.49. The molecule has 2 N–H and O–H groups in total. The largest absolute Gasteiger partial charge is 0.493 e. The summed E-state index contributed by atoms with van der Waals surface area (Å²) in [7, 11) is 3.41. The molecule has 0 radical (unpaired) electrons. The highest BCUT2D eigenvalue weighted by atomic mass is 16.5. The number of aryl methyl sites for hydroxylation is 2. The first-order valence-electron chi connectivity index (χ1n) is 9.30. The van der Waals surface area contributed by atoms with Gasteiger partial charge in [0.2, 0.25) is 0 Å². The first-order chi connectivity index (χ1) is 12.3. The maximum Gasteiger partial charge on any atom is 0.161 e. The molecular weight excluding hydrogens is 314 g/mol. The lowest BCUT2D eigenvalue weighted by Crippen LogP contribution is -2.30. The number of aromatic nitrogens is 2. The van der Waals surface area contributed by atoms with Crippen molar-refractivity contribution in [3.63, 3.8) is 0 Å². The van der Waals surface area contributed by atoms with Gasteiger partial charge in [-0.3, -0.25) is 5.10 Å². The van der Waals surface area contributed by atoms with Gasteiger partial charge in [-0.25, -0.2) is 0 Å². The van der Waals surface area contributed by atoms with Gasteiger partial charge in [-0.1, -0.05) is 0 Å². The van der Waals surface area contributed by atoms with Gasteiger partial charge in [0, 0.05) is 18.3 Å². The predicted octanol–water partition coefficient (Wildman–Crippen LogP) is 3.51. The third-order valence-electron chi connectivity index (χ3n) is 5.74. The van der Waals surface area contributed by atoms with Gasteiger partial charge in [-0.15, -0.1) is 0 Å². The van der Waals surface area contributed by atoms with Crippen molar-refractivity contribution in [2.24, 2.45) is 0 Å². The Kier molecular flexibility index (Phi) is 4.66. The van der Waals surface area contributed by atoms with Crippen LogP contribution in [0.2, 0.25) is 0 Å². The molecular formula is C20H27N3O2. The summed E-state index contributed by atoms with van der Waals surface area (Å²) in [5.41, 5.74) is 5.48. The first kappa shape index (κ1) is 16.5. The van der Waals surface area contributed by atoms with E-state index < -0.39 is 0 Å². The van der Waals surface area contributed by atoms with Gasteiger partial charge in [-0.05, 0) is 73.3 Å². The maximum absolute atomic E-state index is 5.52. The van der Waals surface area contributed by atoms with E-state index in [1.54, 1.807) is 14.2 Å². The second kappa shape index (κ2) is 7.08. The van der Waals surface area contributed by atoms with Crippen molar-refractivity contribution in [1.82, 2.24) is 15.5 Å². The van der Waals surface area contributed by atoms with Gasteiger partial charge in [0.05, 0.1) is 20.4 Å². The summed E-state index contributed by atoms with van der Waals surface area (Å²) in [4.78, 5) is 0. The molecule has 1 aromatic carbocycles. The van der Waals surface area contributed by atoms with E-state index in [1.807, 2.05) is 6.20 Å². The van der Waals surface area contributed by atoms with Crippen LogP contribution in [0.1, 0.15) is 60.0 Å². The Morgan fingerprint density at radius 2 is 1.88 bits per heavy atom. The number of hydrogen-bond donors (Lipinski definition) is 2. The van der Waals surface area contributed by atoms with Crippen molar-refractivity contribution in [1.29, 1.82) is 0 Å². The van der Waals surface area contributed by atoms with E-state index in [2.05, 4.69) is 27.6 Å². The van der Waals surface area contributed by atoms with Crippen LogP contribution in [0.15, 0.2) is 18.3 Å². The Balaban J connectivity index is 1.52. The summed E-state index contributed by atoms with van der Waals surface area (Å²) < 4.78 is 11.0. The molecule has 1 aromatic heterocycles. The zero-order chi connectivity index (χ0) is 17.2. The molecule has 0 fully saturated rings. The average Bonchev–Trinajstić information content (AvgIpc) is 3.14. The highest BCUT2D eigenvalue weighted by Crippen LogP contribution is 2.38. The van der Waals surface area contributed by atoms with E-state index in [0.29, 0.717) is 12.0 Å². The number of hydrogen-bond acceptors (Lipinski definition) is 4. The minimum absolute atomic E-state index is 0.390. The molecule has 0 saturated heterocycles. The van der Waals surface area contributed by atoms with E-state index in [4.69, 9.17) is 9.47 Å². The summed E-state index contributed by atoms with van der Waals surface area (Å²) in [6.45, 7) is 1.00. The van der Waals surface area contributed by atoms with E-state index in [9.17, 15) is 0 Å². The monoisotopic (exact) mass is 341 g/mol. The quantitative estimate of drug-likeness (QED) is 0.874. The van der Waals surface area contributed by atoms with Crippen LogP contribution < -0.4 is 14.8 Å². The van der Waals surface area contributed by atoms with Gasteiger partial charge in [0.15, 0.2) is 11.5 Å². The molecule has 0 bridgehead atoms. The van der Waals surface area contributed by atoms with Crippen LogP contribution in [-0.4, -0.2) is 31.0 Å². The van der Waals surface area contributed by atoms with E-state index in [0.717, 1.165) is 30.9 Å². The van der Waals surface area contributed by atoms with E-state index in [-0.39, 0.29) is 0 Å². The number of H-pyrrole nitrogens is 1. The lowest BCUT2D eigenvalue weighted by Gasteiger charge is -2.30. The third kappa shape index (κ3) is 3.13. The summed E-state index contributed by atoms with van der Waals surface area (Å²) in [6, 6.07) is 4.70. The van der Waals surface area contributed by atoms with Crippen molar-refractivity contribution >= 4 is 0 Å². The molecule has 2 aliphatic rings. The number of nitrogens with zero attached hydrogens (tertiary/aromatic N) is 1. The van der Waals surface area contributed by atoms with Gasteiger partial charge < -0.3 is 14.8 Å². The first-order valence-corrected chi connectivity index (χ1v) is 9.30. The molecule has 5 nitrogen and oxygen atoms in total. The molecule has 2 unspecified atom stereocenters. The summed E-state index contributed by atoms with van der Waals surface area (Å²) in [6.07, 6.45) is 9.13. The van der Waals surface area contributed by atoms with Crippen LogP contribution >= 0.6 is 0 Å². The fraction of sp³-hybridized carbons (Fsp3) is 0.550. The normalized spacial score (nSPS) is 22.2. The smallest absolute Gasteiger partial charge is 0.161 e. The molecule has 25 heavy (non-hydrogen) atoms. The van der Waals surface area contributed by atoms with Crippen LogP contribution in [0, 0.1) is 0 Å². The van der Waals surface area contributed by atoms with Crippen LogP contribution in [0.25, 0.3) is 0 Å². The number of ether oxygens (including phenoxy) is 2. The lowest BCUT2D eigenvalue weighted by atomic mass is 9.84. The molecule has 5 heteroatoms. The molecule has 2 aromatic rings. The second-order valence-electron chi connectivity index (χ2n) is 7.15. The fourth-order valence-corrected chi connectivity index (χ4v) is 4.39. The topological polar surface area (TPSA) is 59.2 Å². The van der Waals surface area contributed by atoms with Crippen LogP contribution in [-0.2, 0) is 12.8 Å². The van der Waals surface area contributed by atoms with E-state index in [1.165, 1.54) is 48.1 Å². The van der Waals surface area contributed by atoms with Crippen molar-refractivity contribution in [2.45, 2.75) is 50.5 Å². The Morgan fingerprint density at radius 1 is 1.08 bits per heavy atom. The minimum Gasteiger partial charge on any atom is -0.493 e. The maximum atomic E-state index is 5.52. The van der Waals surface area contributed by atoms with Crippen molar-refractivity contribution in [3.8, 4) is 11.5 Å². The average molecular weight is 341 g/mol. The Bertz CT molecular complexity index is 741. The van der Waals surface area contributed by atoms with Crippen LogP contribution in [0.5, 0.6) is 11.5 Å². The van der Waals surface area contributed by atoms with E-state index >= 15 is 0 Å². The number of nitrogens with one attached hydrogen (secondary N) is 2. The van der Waals surface area contributed by atoms with Crippen molar-refractivity contribution in [2.75, 3.05) is 20.8 Å². The fourth-order valence-electron chi connectivity index (χ4n) is 4.39. The molecule has 134 valence electrons. The molecule has 0 spiro atoms. The van der Waals surface area contributed by atoms with Crippen LogP contribution in [0.3, 0.4) is 0 Å². The molecule has 1 heterocycles.